The summed E-state index contributed by atoms with van der Waals surface area (Å²) >= 11 is 0. The van der Waals surface area contributed by atoms with Gasteiger partial charge in [-0.15, -0.1) is 0 Å². The summed E-state index contributed by atoms with van der Waals surface area (Å²) in [4.78, 5) is 0. The Labute approximate surface area is 126 Å². The topological polar surface area (TPSA) is 12.5 Å². The largest absolute Gasteiger partial charge is 0.369 e. The smallest absolute Gasteiger partial charge is 0.0879 e. The Morgan fingerprint density at radius 2 is 1.30 bits per heavy atom. The van der Waals surface area contributed by atoms with Gasteiger partial charge in [0, 0.05) is 0 Å². The van der Waals surface area contributed by atoms with Crippen LogP contribution in [0.4, 0.5) is 0 Å². The highest BCUT2D eigenvalue weighted by Gasteiger charge is 2.35. The summed E-state index contributed by atoms with van der Waals surface area (Å²) in [5.74, 6) is 0. The van der Waals surface area contributed by atoms with Gasteiger partial charge in [0.05, 0.1) is 12.2 Å². The maximum atomic E-state index is 5.64. The fraction of sp³-hybridized carbons (Fsp3) is 0.789. The first-order chi connectivity index (χ1) is 9.88. The molecule has 1 heterocycles. The van der Waals surface area contributed by atoms with Gasteiger partial charge in [-0.25, -0.2) is 0 Å². The summed E-state index contributed by atoms with van der Waals surface area (Å²) in [5, 5.41) is 0. The van der Waals surface area contributed by atoms with E-state index in [4.69, 9.17) is 4.74 Å². The van der Waals surface area contributed by atoms with Crippen LogP contribution in [0.1, 0.15) is 84.5 Å². The summed E-state index contributed by atoms with van der Waals surface area (Å²) in [6.07, 6.45) is 24.6. The molecule has 0 aromatic carbocycles. The van der Waals surface area contributed by atoms with Crippen molar-refractivity contribution in [3.05, 3.63) is 24.3 Å². The Kier molecular flexibility index (Phi) is 10.7. The number of unbranched alkanes of at least 4 members (excludes halogenated alkanes) is 7. The molecule has 1 saturated heterocycles. The summed E-state index contributed by atoms with van der Waals surface area (Å²) < 4.78 is 5.64. The standard InChI is InChI=1S/C19H34O/c1-3-5-7-8-9-10-11-12-13-15-17-19-18(20-19)16-14-6-4-2/h6,13-15,18-19H,3-5,7-12,16-17H2,1-2H3/b14-6-,15-13-/t18-,19+/m0/s1. The molecular formula is C19H34O. The van der Waals surface area contributed by atoms with Crippen LogP contribution in [0.15, 0.2) is 24.3 Å². The fourth-order valence-electron chi connectivity index (χ4n) is 2.56. The van der Waals surface area contributed by atoms with Gasteiger partial charge in [-0.3, -0.25) is 0 Å². The molecule has 1 nitrogen and oxygen atoms in total. The van der Waals surface area contributed by atoms with Crippen molar-refractivity contribution < 1.29 is 4.74 Å². The van der Waals surface area contributed by atoms with Gasteiger partial charge in [0.25, 0.3) is 0 Å². The van der Waals surface area contributed by atoms with Crippen molar-refractivity contribution in [1.29, 1.82) is 0 Å². The van der Waals surface area contributed by atoms with E-state index in [0.717, 1.165) is 19.3 Å². The van der Waals surface area contributed by atoms with E-state index in [1.54, 1.807) is 0 Å². The maximum absolute atomic E-state index is 5.64. The van der Waals surface area contributed by atoms with Gasteiger partial charge in [0.1, 0.15) is 0 Å². The van der Waals surface area contributed by atoms with Crippen LogP contribution in [-0.2, 0) is 4.74 Å². The predicted molar refractivity (Wildman–Crippen MR) is 89.1 cm³/mol. The Morgan fingerprint density at radius 1 is 0.700 bits per heavy atom. The maximum Gasteiger partial charge on any atom is 0.0879 e. The molecule has 1 aliphatic heterocycles. The van der Waals surface area contributed by atoms with Gasteiger partial charge >= 0.3 is 0 Å². The van der Waals surface area contributed by atoms with Crippen LogP contribution in [0.5, 0.6) is 0 Å². The molecular weight excluding hydrogens is 244 g/mol. The van der Waals surface area contributed by atoms with E-state index < -0.39 is 0 Å². The van der Waals surface area contributed by atoms with Gasteiger partial charge < -0.3 is 4.74 Å². The molecule has 0 saturated carbocycles. The summed E-state index contributed by atoms with van der Waals surface area (Å²) in [6, 6.07) is 0. The summed E-state index contributed by atoms with van der Waals surface area (Å²) in [7, 11) is 0. The number of epoxide rings is 1. The lowest BCUT2D eigenvalue weighted by molar-refractivity contribution is 0.372. The Morgan fingerprint density at radius 3 is 1.95 bits per heavy atom. The third-order valence-electron chi connectivity index (χ3n) is 3.97. The molecule has 20 heavy (non-hydrogen) atoms. The van der Waals surface area contributed by atoms with Gasteiger partial charge in [-0.1, -0.05) is 76.7 Å². The van der Waals surface area contributed by atoms with Crippen molar-refractivity contribution in [2.75, 3.05) is 0 Å². The zero-order valence-corrected chi connectivity index (χ0v) is 13.7. The van der Waals surface area contributed by atoms with Gasteiger partial charge in [-0.2, -0.15) is 0 Å². The van der Waals surface area contributed by atoms with Crippen LogP contribution >= 0.6 is 0 Å². The second-order valence-corrected chi connectivity index (χ2v) is 5.95. The SMILES string of the molecule is CC/C=C\C[C@@H]1O[C@@H]1C/C=C\CCCCCCCCC. The van der Waals surface area contributed by atoms with E-state index in [2.05, 4.69) is 38.2 Å². The van der Waals surface area contributed by atoms with E-state index in [0.29, 0.717) is 12.2 Å². The number of rotatable bonds is 13. The average Bonchev–Trinajstić information content (AvgIpc) is 3.20. The normalized spacial score (nSPS) is 22.1. The number of hydrogen-bond donors (Lipinski definition) is 0. The fourth-order valence-corrected chi connectivity index (χ4v) is 2.56. The van der Waals surface area contributed by atoms with Crippen molar-refractivity contribution >= 4 is 0 Å². The van der Waals surface area contributed by atoms with Crippen LogP contribution in [0.3, 0.4) is 0 Å². The highest BCUT2D eigenvalue weighted by Crippen LogP contribution is 2.29. The first kappa shape index (κ1) is 17.5. The lowest BCUT2D eigenvalue weighted by atomic mass is 10.1. The van der Waals surface area contributed by atoms with Crippen molar-refractivity contribution in [2.24, 2.45) is 0 Å². The lowest BCUT2D eigenvalue weighted by Crippen LogP contribution is -1.90. The minimum atomic E-state index is 0.501. The summed E-state index contributed by atoms with van der Waals surface area (Å²) in [6.45, 7) is 4.45. The molecule has 2 atom stereocenters. The molecule has 1 aliphatic rings. The van der Waals surface area contributed by atoms with Gasteiger partial charge in [-0.05, 0) is 32.1 Å². The first-order valence-corrected chi connectivity index (χ1v) is 8.84. The third-order valence-corrected chi connectivity index (χ3v) is 3.97. The molecule has 0 N–H and O–H groups in total. The van der Waals surface area contributed by atoms with Gasteiger partial charge in [0.15, 0.2) is 0 Å². The van der Waals surface area contributed by atoms with Crippen molar-refractivity contribution in [2.45, 2.75) is 96.7 Å². The highest BCUT2D eigenvalue weighted by molar-refractivity contribution is 4.97. The summed E-state index contributed by atoms with van der Waals surface area (Å²) in [5.41, 5.74) is 0. The molecule has 0 spiro atoms. The number of allylic oxidation sites excluding steroid dienone is 2. The van der Waals surface area contributed by atoms with Crippen LogP contribution in [0, 0.1) is 0 Å². The Bertz CT molecular complexity index is 267. The number of ether oxygens (including phenoxy) is 1. The molecule has 0 bridgehead atoms. The lowest BCUT2D eigenvalue weighted by Gasteiger charge is -1.98. The molecule has 0 radical (unpaired) electrons. The minimum Gasteiger partial charge on any atom is -0.369 e. The minimum absolute atomic E-state index is 0.501. The molecule has 0 amide bonds. The Hall–Kier alpha value is -0.560. The van der Waals surface area contributed by atoms with Crippen LogP contribution < -0.4 is 0 Å². The predicted octanol–water partition coefficient (Wildman–Crippen LogP) is 6.20. The zero-order valence-electron chi connectivity index (χ0n) is 13.7. The molecule has 0 aromatic rings. The monoisotopic (exact) mass is 278 g/mol. The second-order valence-electron chi connectivity index (χ2n) is 5.95. The number of hydrogen-bond acceptors (Lipinski definition) is 1. The third kappa shape index (κ3) is 9.36. The van der Waals surface area contributed by atoms with Crippen LogP contribution in [0.2, 0.25) is 0 Å². The first-order valence-electron chi connectivity index (χ1n) is 8.84. The van der Waals surface area contributed by atoms with Crippen LogP contribution in [0.25, 0.3) is 0 Å². The Balaban J connectivity index is 1.83. The average molecular weight is 278 g/mol. The van der Waals surface area contributed by atoms with Crippen molar-refractivity contribution in [3.63, 3.8) is 0 Å². The second kappa shape index (κ2) is 12.2. The quantitative estimate of drug-likeness (QED) is 0.222. The van der Waals surface area contributed by atoms with Crippen molar-refractivity contribution in [3.8, 4) is 0 Å². The highest BCUT2D eigenvalue weighted by atomic mass is 16.6. The molecule has 1 rings (SSSR count). The van der Waals surface area contributed by atoms with Crippen LogP contribution in [-0.4, -0.2) is 12.2 Å². The van der Waals surface area contributed by atoms with Gasteiger partial charge in [0.2, 0.25) is 0 Å². The molecule has 116 valence electrons. The van der Waals surface area contributed by atoms with E-state index >= 15 is 0 Å². The molecule has 0 aliphatic carbocycles. The van der Waals surface area contributed by atoms with E-state index in [9.17, 15) is 0 Å². The molecule has 0 unspecified atom stereocenters. The zero-order chi connectivity index (χ0) is 14.5. The molecule has 1 fully saturated rings. The van der Waals surface area contributed by atoms with E-state index in [1.165, 1.54) is 51.4 Å². The van der Waals surface area contributed by atoms with E-state index in [1.807, 2.05) is 0 Å². The molecule has 0 aromatic heterocycles. The van der Waals surface area contributed by atoms with E-state index in [-0.39, 0.29) is 0 Å². The molecule has 1 heteroatoms. The van der Waals surface area contributed by atoms with Crippen molar-refractivity contribution in [1.82, 2.24) is 0 Å².